The largest absolute Gasteiger partial charge is 0.347 e. The second kappa shape index (κ2) is 4.92. The first-order valence-electron chi connectivity index (χ1n) is 6.83. The standard InChI is InChI=1S/C16H19N3/c1-3-13-5-4-6-14-8-11-19(16(13)14)12-9-15-7-10-17-18(15)2/h4-8,10-11H,3,9,12H2,1-2H3. The summed E-state index contributed by atoms with van der Waals surface area (Å²) in [6.07, 6.45) is 6.15. The van der Waals surface area contributed by atoms with E-state index in [0.29, 0.717) is 0 Å². The molecule has 0 radical (unpaired) electrons. The summed E-state index contributed by atoms with van der Waals surface area (Å²) >= 11 is 0. The van der Waals surface area contributed by atoms with Gasteiger partial charge in [-0.15, -0.1) is 0 Å². The van der Waals surface area contributed by atoms with Gasteiger partial charge >= 0.3 is 0 Å². The van der Waals surface area contributed by atoms with E-state index in [0.717, 1.165) is 19.4 Å². The molecule has 1 aromatic carbocycles. The normalized spacial score (nSPS) is 11.3. The Hall–Kier alpha value is -2.03. The van der Waals surface area contributed by atoms with Crippen LogP contribution in [0.2, 0.25) is 0 Å². The topological polar surface area (TPSA) is 22.8 Å². The highest BCUT2D eigenvalue weighted by atomic mass is 15.3. The Morgan fingerprint density at radius 2 is 2.05 bits per heavy atom. The van der Waals surface area contributed by atoms with Gasteiger partial charge in [0.2, 0.25) is 0 Å². The molecular weight excluding hydrogens is 234 g/mol. The van der Waals surface area contributed by atoms with E-state index < -0.39 is 0 Å². The molecule has 19 heavy (non-hydrogen) atoms. The Bertz CT molecular complexity index is 691. The van der Waals surface area contributed by atoms with Crippen LogP contribution in [0.3, 0.4) is 0 Å². The van der Waals surface area contributed by atoms with Crippen molar-refractivity contribution in [3.8, 4) is 0 Å². The highest BCUT2D eigenvalue weighted by molar-refractivity contribution is 5.83. The van der Waals surface area contributed by atoms with E-state index in [-0.39, 0.29) is 0 Å². The van der Waals surface area contributed by atoms with Gasteiger partial charge in [0.1, 0.15) is 0 Å². The lowest BCUT2D eigenvalue weighted by Crippen LogP contribution is -2.05. The van der Waals surface area contributed by atoms with Crippen molar-refractivity contribution in [2.24, 2.45) is 7.05 Å². The third-order valence-corrected chi connectivity index (χ3v) is 3.78. The molecule has 3 nitrogen and oxygen atoms in total. The molecule has 0 aliphatic heterocycles. The van der Waals surface area contributed by atoms with Crippen molar-refractivity contribution in [2.75, 3.05) is 0 Å². The number of hydrogen-bond acceptors (Lipinski definition) is 1. The number of fused-ring (bicyclic) bond motifs is 1. The van der Waals surface area contributed by atoms with Gasteiger partial charge in [-0.05, 0) is 29.5 Å². The molecule has 2 aromatic heterocycles. The van der Waals surface area contributed by atoms with Crippen molar-refractivity contribution in [2.45, 2.75) is 26.3 Å². The summed E-state index contributed by atoms with van der Waals surface area (Å²) in [7, 11) is 2.00. The van der Waals surface area contributed by atoms with E-state index >= 15 is 0 Å². The molecule has 0 aliphatic carbocycles. The predicted octanol–water partition coefficient (Wildman–Crippen LogP) is 3.18. The van der Waals surface area contributed by atoms with Crippen LogP contribution in [0.4, 0.5) is 0 Å². The molecule has 0 saturated heterocycles. The summed E-state index contributed by atoms with van der Waals surface area (Å²) in [4.78, 5) is 0. The van der Waals surface area contributed by atoms with Gasteiger partial charge in [-0.2, -0.15) is 5.10 Å². The predicted molar refractivity (Wildman–Crippen MR) is 78.2 cm³/mol. The molecule has 3 aromatic rings. The van der Waals surface area contributed by atoms with Crippen molar-refractivity contribution in [1.29, 1.82) is 0 Å². The Labute approximate surface area is 113 Å². The van der Waals surface area contributed by atoms with E-state index in [1.165, 1.54) is 22.2 Å². The van der Waals surface area contributed by atoms with Gasteiger partial charge < -0.3 is 4.57 Å². The molecule has 0 spiro atoms. The van der Waals surface area contributed by atoms with Crippen LogP contribution in [-0.4, -0.2) is 14.3 Å². The molecule has 0 unspecified atom stereocenters. The highest BCUT2D eigenvalue weighted by Gasteiger charge is 2.06. The van der Waals surface area contributed by atoms with Crippen molar-refractivity contribution in [3.05, 3.63) is 54.0 Å². The van der Waals surface area contributed by atoms with Crippen LogP contribution >= 0.6 is 0 Å². The lowest BCUT2D eigenvalue weighted by molar-refractivity contribution is 0.648. The summed E-state index contributed by atoms with van der Waals surface area (Å²) in [5, 5.41) is 5.56. The molecule has 2 heterocycles. The number of para-hydroxylation sites is 1. The molecule has 98 valence electrons. The van der Waals surface area contributed by atoms with Gasteiger partial charge in [-0.25, -0.2) is 0 Å². The fourth-order valence-corrected chi connectivity index (χ4v) is 2.69. The third kappa shape index (κ3) is 2.16. The number of hydrogen-bond donors (Lipinski definition) is 0. The molecule has 0 saturated carbocycles. The molecule has 3 heteroatoms. The minimum atomic E-state index is 1.00. The maximum Gasteiger partial charge on any atom is 0.0512 e. The molecule has 3 rings (SSSR count). The zero-order valence-electron chi connectivity index (χ0n) is 11.5. The fourth-order valence-electron chi connectivity index (χ4n) is 2.69. The lowest BCUT2D eigenvalue weighted by Gasteiger charge is -2.09. The van der Waals surface area contributed by atoms with E-state index in [9.17, 15) is 0 Å². The SMILES string of the molecule is CCc1cccc2ccn(CCc3ccnn3C)c12. The molecule has 0 amide bonds. The van der Waals surface area contributed by atoms with Crippen LogP contribution in [0.1, 0.15) is 18.2 Å². The van der Waals surface area contributed by atoms with Crippen LogP contribution in [0.25, 0.3) is 10.9 Å². The first-order chi connectivity index (χ1) is 9.29. The van der Waals surface area contributed by atoms with Gasteiger partial charge in [0.15, 0.2) is 0 Å². The first kappa shape index (κ1) is 12.0. The van der Waals surface area contributed by atoms with Crippen LogP contribution in [0, 0.1) is 0 Å². The Balaban J connectivity index is 1.91. The molecule has 0 fully saturated rings. The minimum Gasteiger partial charge on any atom is -0.347 e. The quantitative estimate of drug-likeness (QED) is 0.700. The van der Waals surface area contributed by atoms with Gasteiger partial charge in [-0.1, -0.05) is 25.1 Å². The summed E-state index contributed by atoms with van der Waals surface area (Å²) in [5.74, 6) is 0. The van der Waals surface area contributed by atoms with Gasteiger partial charge in [0.25, 0.3) is 0 Å². The number of aryl methyl sites for hydroxylation is 4. The Morgan fingerprint density at radius 3 is 2.79 bits per heavy atom. The van der Waals surface area contributed by atoms with Crippen molar-refractivity contribution < 1.29 is 0 Å². The second-order valence-electron chi connectivity index (χ2n) is 4.91. The summed E-state index contributed by atoms with van der Waals surface area (Å²) in [6, 6.07) is 10.9. The number of nitrogens with zero attached hydrogens (tertiary/aromatic N) is 3. The molecule has 0 bridgehead atoms. The monoisotopic (exact) mass is 253 g/mol. The van der Waals surface area contributed by atoms with Crippen LogP contribution in [-0.2, 0) is 26.4 Å². The third-order valence-electron chi connectivity index (χ3n) is 3.78. The van der Waals surface area contributed by atoms with Gasteiger partial charge in [-0.3, -0.25) is 4.68 Å². The molecule has 0 aliphatic rings. The van der Waals surface area contributed by atoms with Crippen LogP contribution < -0.4 is 0 Å². The van der Waals surface area contributed by atoms with Gasteiger partial charge in [0, 0.05) is 38.1 Å². The Kier molecular flexibility index (Phi) is 3.11. The van der Waals surface area contributed by atoms with E-state index in [2.05, 4.69) is 53.1 Å². The highest BCUT2D eigenvalue weighted by Crippen LogP contribution is 2.21. The first-order valence-corrected chi connectivity index (χ1v) is 6.83. The maximum absolute atomic E-state index is 4.22. The fraction of sp³-hybridized carbons (Fsp3) is 0.312. The summed E-state index contributed by atoms with van der Waals surface area (Å²) < 4.78 is 4.31. The van der Waals surface area contributed by atoms with Crippen LogP contribution in [0.5, 0.6) is 0 Å². The zero-order chi connectivity index (χ0) is 13.2. The van der Waals surface area contributed by atoms with E-state index in [1.807, 2.05) is 17.9 Å². The number of benzene rings is 1. The van der Waals surface area contributed by atoms with E-state index in [1.54, 1.807) is 0 Å². The van der Waals surface area contributed by atoms with Gasteiger partial charge in [0.05, 0.1) is 5.52 Å². The number of rotatable bonds is 4. The molecule has 0 N–H and O–H groups in total. The lowest BCUT2D eigenvalue weighted by atomic mass is 10.1. The van der Waals surface area contributed by atoms with Crippen molar-refractivity contribution in [1.82, 2.24) is 14.3 Å². The van der Waals surface area contributed by atoms with E-state index in [4.69, 9.17) is 0 Å². The second-order valence-corrected chi connectivity index (χ2v) is 4.91. The Morgan fingerprint density at radius 1 is 1.16 bits per heavy atom. The van der Waals surface area contributed by atoms with Crippen molar-refractivity contribution in [3.63, 3.8) is 0 Å². The average molecular weight is 253 g/mol. The smallest absolute Gasteiger partial charge is 0.0512 e. The molecule has 0 atom stereocenters. The summed E-state index contributed by atoms with van der Waals surface area (Å²) in [6.45, 7) is 3.22. The number of aromatic nitrogens is 3. The summed E-state index contributed by atoms with van der Waals surface area (Å²) in [5.41, 5.74) is 4.08. The average Bonchev–Trinajstić information content (AvgIpc) is 3.02. The molecular formula is C16H19N3. The van der Waals surface area contributed by atoms with Crippen molar-refractivity contribution >= 4 is 10.9 Å². The maximum atomic E-state index is 4.22. The minimum absolute atomic E-state index is 1.00. The van der Waals surface area contributed by atoms with Crippen LogP contribution in [0.15, 0.2) is 42.7 Å². The zero-order valence-corrected chi connectivity index (χ0v) is 11.5.